The summed E-state index contributed by atoms with van der Waals surface area (Å²) in [6, 6.07) is 15.8. The quantitative estimate of drug-likeness (QED) is 0.478. The van der Waals surface area contributed by atoms with Crippen molar-refractivity contribution in [1.29, 1.82) is 0 Å². The topological polar surface area (TPSA) is 92.7 Å². The van der Waals surface area contributed by atoms with Crippen molar-refractivity contribution in [3.05, 3.63) is 90.0 Å². The Bertz CT molecular complexity index is 1010. The number of pyridine rings is 1. The molecule has 1 heterocycles. The van der Waals surface area contributed by atoms with Crippen molar-refractivity contribution in [2.45, 2.75) is 0 Å². The lowest BCUT2D eigenvalue weighted by Crippen LogP contribution is -2.20. The highest BCUT2D eigenvalue weighted by Gasteiger charge is 2.07. The third-order valence-corrected chi connectivity index (χ3v) is 3.72. The van der Waals surface area contributed by atoms with Gasteiger partial charge < -0.3 is 10.1 Å². The van der Waals surface area contributed by atoms with Gasteiger partial charge in [-0.2, -0.15) is 5.10 Å². The molecule has 0 bridgehead atoms. The van der Waals surface area contributed by atoms with Crippen LogP contribution in [0, 0.1) is 5.82 Å². The molecule has 29 heavy (non-hydrogen) atoms. The summed E-state index contributed by atoms with van der Waals surface area (Å²) in [4.78, 5) is 27.6. The van der Waals surface area contributed by atoms with Crippen LogP contribution in [0.15, 0.2) is 78.2 Å². The van der Waals surface area contributed by atoms with Gasteiger partial charge in [-0.3, -0.25) is 14.6 Å². The number of rotatable bonds is 7. The Morgan fingerprint density at radius 3 is 2.48 bits per heavy atom. The van der Waals surface area contributed by atoms with Gasteiger partial charge in [-0.15, -0.1) is 0 Å². The standard InChI is InChI=1S/C21H17FN4O3/c22-18-3-1-2-4-19(18)25-20(27)14-29-17-7-5-15(6-8-17)13-24-26-21(28)16-9-11-23-12-10-16/h1-13H,14H2,(H,25,27)(H,26,28)/b24-13+. The molecule has 0 radical (unpaired) electrons. The summed E-state index contributed by atoms with van der Waals surface area (Å²) in [5.74, 6) is -0.865. The molecule has 2 amide bonds. The third kappa shape index (κ3) is 5.96. The predicted molar refractivity (Wildman–Crippen MR) is 106 cm³/mol. The van der Waals surface area contributed by atoms with E-state index in [-0.39, 0.29) is 18.2 Å². The van der Waals surface area contributed by atoms with E-state index in [0.29, 0.717) is 11.3 Å². The van der Waals surface area contributed by atoms with Crippen LogP contribution in [0.5, 0.6) is 5.75 Å². The summed E-state index contributed by atoms with van der Waals surface area (Å²) in [5.41, 5.74) is 3.69. The molecule has 0 fully saturated rings. The summed E-state index contributed by atoms with van der Waals surface area (Å²) >= 11 is 0. The number of nitrogens with zero attached hydrogens (tertiary/aromatic N) is 2. The van der Waals surface area contributed by atoms with Crippen LogP contribution in [0.4, 0.5) is 10.1 Å². The molecule has 1 aromatic heterocycles. The van der Waals surface area contributed by atoms with Crippen LogP contribution >= 0.6 is 0 Å². The zero-order valence-electron chi connectivity index (χ0n) is 15.2. The Labute approximate surface area is 166 Å². The lowest BCUT2D eigenvalue weighted by atomic mass is 10.2. The van der Waals surface area contributed by atoms with Crippen molar-refractivity contribution in [2.75, 3.05) is 11.9 Å². The van der Waals surface area contributed by atoms with E-state index in [4.69, 9.17) is 4.74 Å². The Kier molecular flexibility index (Phi) is 6.62. The van der Waals surface area contributed by atoms with Crippen molar-refractivity contribution in [3.8, 4) is 5.75 Å². The van der Waals surface area contributed by atoms with Crippen LogP contribution in [0.3, 0.4) is 0 Å². The van der Waals surface area contributed by atoms with Crippen LogP contribution in [0.2, 0.25) is 0 Å². The second kappa shape index (κ2) is 9.75. The molecule has 0 aliphatic carbocycles. The fourth-order valence-corrected chi connectivity index (χ4v) is 2.28. The summed E-state index contributed by atoms with van der Waals surface area (Å²) in [5, 5.41) is 6.33. The largest absolute Gasteiger partial charge is 0.484 e. The average molecular weight is 392 g/mol. The molecule has 7 nitrogen and oxygen atoms in total. The molecule has 0 saturated carbocycles. The molecule has 0 unspecified atom stereocenters. The van der Waals surface area contributed by atoms with E-state index in [1.807, 2.05) is 0 Å². The van der Waals surface area contributed by atoms with Crippen LogP contribution < -0.4 is 15.5 Å². The first-order valence-electron chi connectivity index (χ1n) is 8.62. The van der Waals surface area contributed by atoms with Crippen LogP contribution in [-0.2, 0) is 4.79 Å². The van der Waals surface area contributed by atoms with Crippen molar-refractivity contribution in [2.24, 2.45) is 5.10 Å². The van der Waals surface area contributed by atoms with Gasteiger partial charge >= 0.3 is 0 Å². The van der Waals surface area contributed by atoms with E-state index in [0.717, 1.165) is 5.56 Å². The number of hydrogen-bond donors (Lipinski definition) is 2. The molecule has 146 valence electrons. The number of anilines is 1. The van der Waals surface area contributed by atoms with Crippen molar-refractivity contribution < 1.29 is 18.7 Å². The minimum Gasteiger partial charge on any atom is -0.484 e. The monoisotopic (exact) mass is 392 g/mol. The number of amides is 2. The maximum Gasteiger partial charge on any atom is 0.271 e. The molecular weight excluding hydrogens is 375 g/mol. The molecule has 0 saturated heterocycles. The normalized spacial score (nSPS) is 10.5. The number of carbonyl (C=O) groups excluding carboxylic acids is 2. The van der Waals surface area contributed by atoms with Gasteiger partial charge in [0.25, 0.3) is 11.8 Å². The number of hydrogen-bond acceptors (Lipinski definition) is 5. The number of halogens is 1. The zero-order valence-corrected chi connectivity index (χ0v) is 15.2. The highest BCUT2D eigenvalue weighted by atomic mass is 19.1. The maximum atomic E-state index is 13.5. The van der Waals surface area contributed by atoms with Gasteiger partial charge in [0.05, 0.1) is 11.9 Å². The van der Waals surface area contributed by atoms with Gasteiger partial charge in [-0.25, -0.2) is 9.82 Å². The number of ether oxygens (including phenoxy) is 1. The molecule has 0 atom stereocenters. The Hall–Kier alpha value is -4.07. The first-order chi connectivity index (χ1) is 14.1. The molecule has 2 aromatic carbocycles. The van der Waals surface area contributed by atoms with Gasteiger partial charge in [0.15, 0.2) is 6.61 Å². The first kappa shape index (κ1) is 19.7. The number of aromatic nitrogens is 1. The average Bonchev–Trinajstić information content (AvgIpc) is 2.75. The van der Waals surface area contributed by atoms with Crippen molar-refractivity contribution >= 4 is 23.7 Å². The van der Waals surface area contributed by atoms with Crippen molar-refractivity contribution in [3.63, 3.8) is 0 Å². The van der Waals surface area contributed by atoms with Crippen molar-refractivity contribution in [1.82, 2.24) is 10.4 Å². The van der Waals surface area contributed by atoms with Gasteiger partial charge in [-0.05, 0) is 54.1 Å². The SMILES string of the molecule is O=C(COc1ccc(/C=N/NC(=O)c2ccncc2)cc1)Nc1ccccc1F. The molecule has 0 aliphatic heterocycles. The molecule has 3 aromatic rings. The lowest BCUT2D eigenvalue weighted by Gasteiger charge is -2.08. The van der Waals surface area contributed by atoms with Gasteiger partial charge in [0.2, 0.25) is 0 Å². The van der Waals surface area contributed by atoms with Gasteiger partial charge in [-0.1, -0.05) is 12.1 Å². The second-order valence-corrected chi connectivity index (χ2v) is 5.82. The zero-order chi connectivity index (χ0) is 20.5. The Morgan fingerprint density at radius 2 is 1.76 bits per heavy atom. The number of carbonyl (C=O) groups is 2. The minimum atomic E-state index is -0.513. The Balaban J connectivity index is 1.46. The molecule has 8 heteroatoms. The smallest absolute Gasteiger partial charge is 0.271 e. The minimum absolute atomic E-state index is 0.0986. The number of hydrazone groups is 1. The summed E-state index contributed by atoms with van der Waals surface area (Å²) in [6.07, 6.45) is 4.52. The molecule has 0 aliphatic rings. The first-order valence-corrected chi connectivity index (χ1v) is 8.62. The Morgan fingerprint density at radius 1 is 1.03 bits per heavy atom. The third-order valence-electron chi connectivity index (χ3n) is 3.72. The van der Waals surface area contributed by atoms with Crippen LogP contribution in [0.25, 0.3) is 0 Å². The van der Waals surface area contributed by atoms with E-state index in [9.17, 15) is 14.0 Å². The highest BCUT2D eigenvalue weighted by molar-refractivity contribution is 5.94. The van der Waals surface area contributed by atoms with Gasteiger partial charge in [0, 0.05) is 18.0 Å². The molecular formula is C21H17FN4O3. The summed E-state index contributed by atoms with van der Waals surface area (Å²) in [7, 11) is 0. The predicted octanol–water partition coefficient (Wildman–Crippen LogP) is 3.00. The fourth-order valence-electron chi connectivity index (χ4n) is 2.28. The highest BCUT2D eigenvalue weighted by Crippen LogP contribution is 2.13. The van der Waals surface area contributed by atoms with E-state index >= 15 is 0 Å². The van der Waals surface area contributed by atoms with E-state index in [1.54, 1.807) is 42.5 Å². The molecule has 3 rings (SSSR count). The van der Waals surface area contributed by atoms with Crippen LogP contribution in [-0.4, -0.2) is 29.6 Å². The lowest BCUT2D eigenvalue weighted by molar-refractivity contribution is -0.118. The molecule has 0 spiro atoms. The number of benzene rings is 2. The summed E-state index contributed by atoms with van der Waals surface area (Å²) in [6.45, 7) is -0.260. The maximum absolute atomic E-state index is 13.5. The number of para-hydroxylation sites is 1. The van der Waals surface area contributed by atoms with E-state index in [1.165, 1.54) is 36.8 Å². The van der Waals surface area contributed by atoms with E-state index in [2.05, 4.69) is 20.8 Å². The van der Waals surface area contributed by atoms with E-state index < -0.39 is 11.7 Å². The van der Waals surface area contributed by atoms with Gasteiger partial charge in [0.1, 0.15) is 11.6 Å². The summed E-state index contributed by atoms with van der Waals surface area (Å²) < 4.78 is 18.9. The second-order valence-electron chi connectivity index (χ2n) is 5.82. The fraction of sp³-hybridized carbons (Fsp3) is 0.0476. The number of nitrogens with one attached hydrogen (secondary N) is 2. The molecule has 2 N–H and O–H groups in total. The van der Waals surface area contributed by atoms with Crippen LogP contribution in [0.1, 0.15) is 15.9 Å².